The molecular weight excluding hydrogens is 420 g/mol. The molecule has 0 spiro atoms. The van der Waals surface area contributed by atoms with Crippen LogP contribution in [0.2, 0.25) is 0 Å². The highest BCUT2D eigenvalue weighted by Gasteiger charge is 2.51. The molecular formula is C21H35N4O5S+. The number of hydrogen-bond donors (Lipinski definition) is 3. The van der Waals surface area contributed by atoms with Gasteiger partial charge in [-0.3, -0.25) is 14.5 Å². The average Bonchev–Trinajstić information content (AvgIpc) is 2.64. The van der Waals surface area contributed by atoms with E-state index in [2.05, 4.69) is 19.4 Å². The van der Waals surface area contributed by atoms with E-state index in [9.17, 15) is 19.5 Å². The SMILES string of the molecule is CC(C)(C)OC(=O)CNCCC[N+](C)(C)C/C=C/C1=C(C(=O)O)N2C(=O)[C@@H](N)[C@H]2SC1. The van der Waals surface area contributed by atoms with Crippen LogP contribution in [0, 0.1) is 0 Å². The van der Waals surface area contributed by atoms with Gasteiger partial charge in [-0.2, -0.15) is 0 Å². The highest BCUT2D eigenvalue weighted by molar-refractivity contribution is 8.00. The summed E-state index contributed by atoms with van der Waals surface area (Å²) in [4.78, 5) is 36.7. The predicted molar refractivity (Wildman–Crippen MR) is 120 cm³/mol. The minimum absolute atomic E-state index is 0.0448. The van der Waals surface area contributed by atoms with Gasteiger partial charge in [0.15, 0.2) is 0 Å². The Morgan fingerprint density at radius 1 is 1.39 bits per heavy atom. The van der Waals surface area contributed by atoms with Crippen LogP contribution in [0.15, 0.2) is 23.4 Å². The zero-order chi connectivity index (χ0) is 23.4. The van der Waals surface area contributed by atoms with Crippen LogP contribution >= 0.6 is 11.8 Å². The summed E-state index contributed by atoms with van der Waals surface area (Å²) in [5.41, 5.74) is 5.97. The van der Waals surface area contributed by atoms with Crippen LogP contribution in [0.3, 0.4) is 0 Å². The number of likely N-dealkylation sites (N-methyl/N-ethyl adjacent to an activating group) is 1. The van der Waals surface area contributed by atoms with Gasteiger partial charge in [-0.05, 0) is 32.4 Å². The molecule has 2 aliphatic rings. The van der Waals surface area contributed by atoms with E-state index in [1.165, 1.54) is 16.7 Å². The number of esters is 1. The lowest BCUT2D eigenvalue weighted by Gasteiger charge is -2.47. The number of amides is 1. The Balaban J connectivity index is 1.81. The highest BCUT2D eigenvalue weighted by Crippen LogP contribution is 2.39. The second-order valence-electron chi connectivity index (χ2n) is 9.48. The highest BCUT2D eigenvalue weighted by atomic mass is 32.2. The first-order valence-corrected chi connectivity index (χ1v) is 11.4. The fourth-order valence-corrected chi connectivity index (χ4v) is 4.70. The zero-order valence-electron chi connectivity index (χ0n) is 19.0. The summed E-state index contributed by atoms with van der Waals surface area (Å²) in [7, 11) is 4.18. The van der Waals surface area contributed by atoms with Crippen molar-refractivity contribution in [1.29, 1.82) is 0 Å². The van der Waals surface area contributed by atoms with E-state index >= 15 is 0 Å². The number of thioether (sulfide) groups is 1. The summed E-state index contributed by atoms with van der Waals surface area (Å²) in [6.45, 7) is 8.01. The number of ether oxygens (including phenoxy) is 1. The van der Waals surface area contributed by atoms with Gasteiger partial charge in [0.25, 0.3) is 0 Å². The molecule has 1 saturated heterocycles. The lowest BCUT2D eigenvalue weighted by atomic mass is 10.0. The molecule has 174 valence electrons. The number of carbonyl (C=O) groups is 3. The number of nitrogens with one attached hydrogen (secondary N) is 1. The van der Waals surface area contributed by atoms with E-state index in [1.807, 2.05) is 32.9 Å². The van der Waals surface area contributed by atoms with Crippen LogP contribution < -0.4 is 11.1 Å². The first-order valence-electron chi connectivity index (χ1n) is 10.4. The molecule has 1 amide bonds. The van der Waals surface area contributed by atoms with Crippen LogP contribution in [0.5, 0.6) is 0 Å². The molecule has 31 heavy (non-hydrogen) atoms. The molecule has 9 nitrogen and oxygen atoms in total. The van der Waals surface area contributed by atoms with Gasteiger partial charge in [0.1, 0.15) is 22.7 Å². The van der Waals surface area contributed by atoms with Crippen molar-refractivity contribution in [2.75, 3.05) is 46.0 Å². The summed E-state index contributed by atoms with van der Waals surface area (Å²) in [6.07, 6.45) is 4.65. The topological polar surface area (TPSA) is 122 Å². The van der Waals surface area contributed by atoms with Crippen LogP contribution in [0.4, 0.5) is 0 Å². The number of carboxylic acid groups (broad SMARTS) is 1. The van der Waals surface area contributed by atoms with Gasteiger partial charge in [-0.25, -0.2) is 4.79 Å². The van der Waals surface area contributed by atoms with Crippen LogP contribution in [0.1, 0.15) is 27.2 Å². The predicted octanol–water partition coefficient (Wildman–Crippen LogP) is 0.522. The minimum atomic E-state index is -1.10. The molecule has 0 aromatic rings. The smallest absolute Gasteiger partial charge is 0.352 e. The van der Waals surface area contributed by atoms with Crippen molar-refractivity contribution in [3.8, 4) is 0 Å². The number of aliphatic carboxylic acids is 1. The summed E-state index contributed by atoms with van der Waals surface area (Å²) >= 11 is 1.49. The first kappa shape index (κ1) is 25.4. The van der Waals surface area contributed by atoms with Gasteiger partial charge in [-0.1, -0.05) is 6.08 Å². The zero-order valence-corrected chi connectivity index (χ0v) is 19.8. The number of carboxylic acids is 1. The molecule has 0 aromatic carbocycles. The van der Waals surface area contributed by atoms with Crippen molar-refractivity contribution >= 4 is 29.6 Å². The maximum absolute atomic E-state index is 12.0. The van der Waals surface area contributed by atoms with E-state index in [0.717, 1.165) is 13.0 Å². The Morgan fingerprint density at radius 2 is 2.06 bits per heavy atom. The molecule has 4 N–H and O–H groups in total. The lowest BCUT2D eigenvalue weighted by molar-refractivity contribution is -0.884. The number of nitrogens with two attached hydrogens (primary N) is 1. The number of quaternary nitrogens is 1. The minimum Gasteiger partial charge on any atom is -0.477 e. The summed E-state index contributed by atoms with van der Waals surface area (Å²) in [5.74, 6) is -1.19. The Hall–Kier alpha value is -1.88. The Morgan fingerprint density at radius 3 is 2.68 bits per heavy atom. The number of nitrogens with zero attached hydrogens (tertiary/aromatic N) is 2. The standard InChI is InChI=1S/C21H34N4O5S/c1-21(2,3)30-15(26)12-23-9-7-11-25(4,5)10-6-8-14-13-31-19-16(22)18(27)24(19)17(14)20(28)29/h6,8,16,19,23H,7,9-13,22H2,1-5H3/p+1/b8-6+/t16-,19-/m1/s1. The molecule has 0 unspecified atom stereocenters. The van der Waals surface area contributed by atoms with Crippen molar-refractivity contribution in [3.63, 3.8) is 0 Å². The van der Waals surface area contributed by atoms with Crippen molar-refractivity contribution in [1.82, 2.24) is 10.2 Å². The number of carbonyl (C=O) groups excluding carboxylic acids is 2. The number of fused-ring (bicyclic) bond motifs is 1. The maximum Gasteiger partial charge on any atom is 0.352 e. The van der Waals surface area contributed by atoms with E-state index in [0.29, 0.717) is 28.9 Å². The number of rotatable bonds is 10. The quantitative estimate of drug-likeness (QED) is 0.189. The molecule has 2 rings (SSSR count). The Labute approximate surface area is 188 Å². The van der Waals surface area contributed by atoms with Gasteiger partial charge < -0.3 is 25.4 Å². The lowest BCUT2D eigenvalue weighted by Crippen LogP contribution is -2.68. The fraction of sp³-hybridized carbons (Fsp3) is 0.667. The van der Waals surface area contributed by atoms with E-state index in [-0.39, 0.29) is 29.5 Å². The van der Waals surface area contributed by atoms with Crippen molar-refractivity contribution < 1.29 is 28.7 Å². The molecule has 2 atom stereocenters. The first-order chi connectivity index (χ1) is 14.3. The van der Waals surface area contributed by atoms with Gasteiger partial charge in [0, 0.05) is 18.7 Å². The molecule has 2 heterocycles. The monoisotopic (exact) mass is 455 g/mol. The Bertz CT molecular complexity index is 772. The van der Waals surface area contributed by atoms with Gasteiger partial charge >= 0.3 is 11.9 Å². The molecule has 1 fully saturated rings. The van der Waals surface area contributed by atoms with Crippen LogP contribution in [-0.2, 0) is 19.1 Å². The number of allylic oxidation sites excluding steroid dienone is 1. The fourth-order valence-electron chi connectivity index (χ4n) is 3.44. The number of hydrogen-bond acceptors (Lipinski definition) is 7. The number of β-lactam (4-membered cyclic amide) rings is 1. The molecule has 0 bridgehead atoms. The van der Waals surface area contributed by atoms with Crippen molar-refractivity contribution in [2.24, 2.45) is 5.73 Å². The molecule has 0 aliphatic carbocycles. The Kier molecular flexibility index (Phi) is 8.32. The van der Waals surface area contributed by atoms with E-state index < -0.39 is 17.6 Å². The molecule has 10 heteroatoms. The second-order valence-corrected chi connectivity index (χ2v) is 10.6. The summed E-state index contributed by atoms with van der Waals surface area (Å²) in [6, 6.07) is -0.621. The van der Waals surface area contributed by atoms with E-state index in [1.54, 1.807) is 0 Å². The van der Waals surface area contributed by atoms with Crippen LogP contribution in [0.25, 0.3) is 0 Å². The third-order valence-corrected chi connectivity index (χ3v) is 6.29. The van der Waals surface area contributed by atoms with Crippen molar-refractivity contribution in [3.05, 3.63) is 23.4 Å². The third kappa shape index (κ3) is 7.06. The van der Waals surface area contributed by atoms with Crippen molar-refractivity contribution in [2.45, 2.75) is 44.2 Å². The van der Waals surface area contributed by atoms with Gasteiger partial charge in [0.2, 0.25) is 5.91 Å². The van der Waals surface area contributed by atoms with E-state index in [4.69, 9.17) is 10.5 Å². The maximum atomic E-state index is 12.0. The van der Waals surface area contributed by atoms with Gasteiger partial charge in [-0.15, -0.1) is 11.8 Å². The average molecular weight is 456 g/mol. The largest absolute Gasteiger partial charge is 0.477 e. The molecule has 2 aliphatic heterocycles. The third-order valence-electron chi connectivity index (χ3n) is 4.97. The normalized spacial score (nSPS) is 21.9. The second kappa shape index (κ2) is 10.2. The molecule has 0 radical (unpaired) electrons. The van der Waals surface area contributed by atoms with Gasteiger partial charge in [0.05, 0.1) is 33.7 Å². The summed E-state index contributed by atoms with van der Waals surface area (Å²) < 4.78 is 5.97. The summed E-state index contributed by atoms with van der Waals surface area (Å²) in [5, 5.41) is 12.4. The van der Waals surface area contributed by atoms with Crippen LogP contribution in [-0.4, -0.2) is 95.4 Å². The molecule has 0 saturated carbocycles. The molecule has 0 aromatic heterocycles.